The molecule has 2 aromatic rings. The molecule has 2 aromatic carbocycles. The molecule has 0 radical (unpaired) electrons. The topological polar surface area (TPSA) is 29.5 Å². The van der Waals surface area contributed by atoms with Gasteiger partial charge in [0.2, 0.25) is 0 Å². The van der Waals surface area contributed by atoms with Crippen LogP contribution in [-0.4, -0.2) is 5.11 Å². The van der Waals surface area contributed by atoms with Crippen molar-refractivity contribution in [2.75, 3.05) is 0 Å². The van der Waals surface area contributed by atoms with Gasteiger partial charge in [-0.25, -0.2) is 0 Å². The standard InChI is InChI=1S/C12H7Cl3O2/c13-7-1-4-12(11(16)5-7)17-8-2-3-9(14)10(15)6-8/h1-6,16H. The highest BCUT2D eigenvalue weighted by Crippen LogP contribution is 2.34. The second-order valence-electron chi connectivity index (χ2n) is 3.29. The van der Waals surface area contributed by atoms with Gasteiger partial charge in [0.05, 0.1) is 10.0 Å². The molecule has 0 aliphatic carbocycles. The van der Waals surface area contributed by atoms with Crippen LogP contribution in [0.1, 0.15) is 0 Å². The molecule has 0 amide bonds. The molecule has 2 nitrogen and oxygen atoms in total. The Morgan fingerprint density at radius 2 is 1.65 bits per heavy atom. The number of ether oxygens (including phenoxy) is 1. The quantitative estimate of drug-likeness (QED) is 0.829. The zero-order valence-corrected chi connectivity index (χ0v) is 10.7. The van der Waals surface area contributed by atoms with Crippen LogP contribution in [0.25, 0.3) is 0 Å². The smallest absolute Gasteiger partial charge is 0.169 e. The van der Waals surface area contributed by atoms with Crippen molar-refractivity contribution in [1.82, 2.24) is 0 Å². The van der Waals surface area contributed by atoms with E-state index in [1.807, 2.05) is 0 Å². The molecule has 17 heavy (non-hydrogen) atoms. The Labute approximate surface area is 113 Å². The van der Waals surface area contributed by atoms with E-state index < -0.39 is 0 Å². The molecule has 88 valence electrons. The molecule has 0 heterocycles. The van der Waals surface area contributed by atoms with Crippen LogP contribution in [-0.2, 0) is 0 Å². The monoisotopic (exact) mass is 288 g/mol. The fourth-order valence-electron chi connectivity index (χ4n) is 1.24. The first-order valence-corrected chi connectivity index (χ1v) is 5.81. The van der Waals surface area contributed by atoms with Crippen LogP contribution in [0.2, 0.25) is 15.1 Å². The second kappa shape index (κ2) is 5.05. The maximum Gasteiger partial charge on any atom is 0.169 e. The highest BCUT2D eigenvalue weighted by Gasteiger charge is 2.06. The SMILES string of the molecule is Oc1cc(Cl)ccc1Oc1ccc(Cl)c(Cl)c1. The van der Waals surface area contributed by atoms with Crippen molar-refractivity contribution in [3.05, 3.63) is 51.5 Å². The summed E-state index contributed by atoms with van der Waals surface area (Å²) in [6.45, 7) is 0. The maximum atomic E-state index is 9.61. The highest BCUT2D eigenvalue weighted by molar-refractivity contribution is 6.42. The normalized spacial score (nSPS) is 10.3. The lowest BCUT2D eigenvalue weighted by molar-refractivity contribution is 0.411. The molecule has 0 saturated carbocycles. The van der Waals surface area contributed by atoms with Crippen LogP contribution >= 0.6 is 34.8 Å². The van der Waals surface area contributed by atoms with Gasteiger partial charge in [-0.15, -0.1) is 0 Å². The first kappa shape index (κ1) is 12.4. The van der Waals surface area contributed by atoms with Crippen LogP contribution in [0.4, 0.5) is 0 Å². The minimum atomic E-state index is -0.0384. The number of phenolic OH excluding ortho intramolecular Hbond substituents is 1. The van der Waals surface area contributed by atoms with E-state index in [9.17, 15) is 5.11 Å². The van der Waals surface area contributed by atoms with E-state index in [2.05, 4.69) is 0 Å². The predicted octanol–water partition coefficient (Wildman–Crippen LogP) is 5.14. The van der Waals surface area contributed by atoms with Crippen LogP contribution < -0.4 is 4.74 Å². The third-order valence-electron chi connectivity index (χ3n) is 2.04. The Morgan fingerprint density at radius 1 is 0.882 bits per heavy atom. The number of benzene rings is 2. The van der Waals surface area contributed by atoms with Gasteiger partial charge in [-0.1, -0.05) is 34.8 Å². The van der Waals surface area contributed by atoms with Crippen molar-refractivity contribution in [2.24, 2.45) is 0 Å². The van der Waals surface area contributed by atoms with E-state index in [-0.39, 0.29) is 5.75 Å². The van der Waals surface area contributed by atoms with Crippen molar-refractivity contribution < 1.29 is 9.84 Å². The van der Waals surface area contributed by atoms with E-state index in [1.165, 1.54) is 6.07 Å². The van der Waals surface area contributed by atoms with E-state index >= 15 is 0 Å². The summed E-state index contributed by atoms with van der Waals surface area (Å²) in [5, 5.41) is 10.9. The van der Waals surface area contributed by atoms with Gasteiger partial charge in [-0.3, -0.25) is 0 Å². The van der Waals surface area contributed by atoms with E-state index in [1.54, 1.807) is 30.3 Å². The average molecular weight is 290 g/mol. The lowest BCUT2D eigenvalue weighted by atomic mass is 10.3. The number of halogens is 3. The van der Waals surface area contributed by atoms with Crippen molar-refractivity contribution in [1.29, 1.82) is 0 Å². The van der Waals surface area contributed by atoms with Crippen molar-refractivity contribution in [2.45, 2.75) is 0 Å². The summed E-state index contributed by atoms with van der Waals surface area (Å²) < 4.78 is 5.45. The second-order valence-corrected chi connectivity index (χ2v) is 4.54. The summed E-state index contributed by atoms with van der Waals surface area (Å²) in [5.74, 6) is 0.744. The fraction of sp³-hybridized carbons (Fsp3) is 0. The van der Waals surface area contributed by atoms with Crippen molar-refractivity contribution >= 4 is 34.8 Å². The summed E-state index contributed by atoms with van der Waals surface area (Å²) in [4.78, 5) is 0. The molecule has 1 N–H and O–H groups in total. The molecule has 0 saturated heterocycles. The molecule has 0 atom stereocenters. The molecule has 0 unspecified atom stereocenters. The molecule has 0 spiro atoms. The fourth-order valence-corrected chi connectivity index (χ4v) is 1.70. The summed E-state index contributed by atoms with van der Waals surface area (Å²) >= 11 is 17.3. The Morgan fingerprint density at radius 3 is 2.29 bits per heavy atom. The number of phenols is 1. The molecule has 5 heteroatoms. The Balaban J connectivity index is 2.28. The first-order valence-electron chi connectivity index (χ1n) is 4.67. The minimum Gasteiger partial charge on any atom is -0.504 e. The molecule has 0 aliphatic rings. The van der Waals surface area contributed by atoms with Crippen LogP contribution in [0, 0.1) is 0 Å². The highest BCUT2D eigenvalue weighted by atomic mass is 35.5. The maximum absolute atomic E-state index is 9.61. The van der Waals surface area contributed by atoms with Crippen molar-refractivity contribution in [3.8, 4) is 17.2 Å². The number of hydrogen-bond acceptors (Lipinski definition) is 2. The number of rotatable bonds is 2. The average Bonchev–Trinajstić information content (AvgIpc) is 2.27. The first-order chi connectivity index (χ1) is 8.06. The molecular weight excluding hydrogens is 282 g/mol. The van der Waals surface area contributed by atoms with Gasteiger partial charge in [0, 0.05) is 17.2 Å². The van der Waals surface area contributed by atoms with Gasteiger partial charge >= 0.3 is 0 Å². The minimum absolute atomic E-state index is 0.0384. The van der Waals surface area contributed by atoms with Gasteiger partial charge in [-0.05, 0) is 24.3 Å². The summed E-state index contributed by atoms with van der Waals surface area (Å²) in [6.07, 6.45) is 0. The molecule has 0 aliphatic heterocycles. The number of aromatic hydroxyl groups is 1. The summed E-state index contributed by atoms with van der Waals surface area (Å²) in [6, 6.07) is 9.43. The Hall–Kier alpha value is -1.09. The van der Waals surface area contributed by atoms with Crippen LogP contribution in [0.5, 0.6) is 17.2 Å². The van der Waals surface area contributed by atoms with Gasteiger partial charge < -0.3 is 9.84 Å². The number of hydrogen-bond donors (Lipinski definition) is 1. The predicted molar refractivity (Wildman–Crippen MR) is 69.7 cm³/mol. The summed E-state index contributed by atoms with van der Waals surface area (Å²) in [5.41, 5.74) is 0. The zero-order valence-electron chi connectivity index (χ0n) is 8.45. The van der Waals surface area contributed by atoms with Gasteiger partial charge in [0.15, 0.2) is 11.5 Å². The molecule has 0 aromatic heterocycles. The molecular formula is C12H7Cl3O2. The third-order valence-corrected chi connectivity index (χ3v) is 3.01. The van der Waals surface area contributed by atoms with Gasteiger partial charge in [0.1, 0.15) is 5.75 Å². The molecule has 0 bridgehead atoms. The molecule has 2 rings (SSSR count). The van der Waals surface area contributed by atoms with Crippen LogP contribution in [0.15, 0.2) is 36.4 Å². The Kier molecular flexibility index (Phi) is 3.67. The Bertz CT molecular complexity index is 555. The van der Waals surface area contributed by atoms with Crippen molar-refractivity contribution in [3.63, 3.8) is 0 Å². The van der Waals surface area contributed by atoms with Gasteiger partial charge in [0.25, 0.3) is 0 Å². The lowest BCUT2D eigenvalue weighted by Crippen LogP contribution is -1.85. The molecule has 0 fully saturated rings. The van der Waals surface area contributed by atoms with E-state index in [0.717, 1.165) is 0 Å². The van der Waals surface area contributed by atoms with E-state index in [4.69, 9.17) is 39.5 Å². The van der Waals surface area contributed by atoms with Crippen LogP contribution in [0.3, 0.4) is 0 Å². The van der Waals surface area contributed by atoms with E-state index in [0.29, 0.717) is 26.6 Å². The van der Waals surface area contributed by atoms with Gasteiger partial charge in [-0.2, -0.15) is 0 Å². The third kappa shape index (κ3) is 2.97. The zero-order chi connectivity index (χ0) is 12.4. The lowest BCUT2D eigenvalue weighted by Gasteiger charge is -2.08. The summed E-state index contributed by atoms with van der Waals surface area (Å²) in [7, 11) is 0. The largest absolute Gasteiger partial charge is 0.504 e.